The molecule has 3 aromatic rings. The molecule has 1 fully saturated rings. The highest BCUT2D eigenvalue weighted by molar-refractivity contribution is 5.91. The van der Waals surface area contributed by atoms with Gasteiger partial charge in [0.25, 0.3) is 5.91 Å². The SMILES string of the molecule is O=C(NCc1ccc2[nH]c(=O)[nH]c2c1)c1cn(CC[C@H]2CCCCN2)nn1. The fraction of sp³-hybridized carbons (Fsp3) is 0.444. The molecular formula is C18H23N7O2. The molecule has 0 unspecified atom stereocenters. The van der Waals surface area contributed by atoms with Crippen molar-refractivity contribution in [3.8, 4) is 0 Å². The lowest BCUT2D eigenvalue weighted by atomic mass is 10.0. The summed E-state index contributed by atoms with van der Waals surface area (Å²) < 4.78 is 1.72. The van der Waals surface area contributed by atoms with Crippen molar-refractivity contribution in [3.63, 3.8) is 0 Å². The molecule has 142 valence electrons. The molecule has 1 aromatic carbocycles. The van der Waals surface area contributed by atoms with Crippen LogP contribution in [-0.4, -0.2) is 43.5 Å². The van der Waals surface area contributed by atoms with E-state index < -0.39 is 0 Å². The first kappa shape index (κ1) is 17.5. The molecule has 27 heavy (non-hydrogen) atoms. The van der Waals surface area contributed by atoms with Crippen molar-refractivity contribution >= 4 is 16.9 Å². The monoisotopic (exact) mass is 369 g/mol. The van der Waals surface area contributed by atoms with E-state index in [1.807, 2.05) is 18.2 Å². The fourth-order valence-electron chi connectivity index (χ4n) is 3.43. The normalized spacial score (nSPS) is 17.3. The van der Waals surface area contributed by atoms with Gasteiger partial charge in [-0.1, -0.05) is 17.7 Å². The lowest BCUT2D eigenvalue weighted by Gasteiger charge is -2.23. The number of rotatable bonds is 6. The van der Waals surface area contributed by atoms with E-state index in [4.69, 9.17) is 0 Å². The van der Waals surface area contributed by atoms with Gasteiger partial charge in [0.05, 0.1) is 17.2 Å². The molecule has 1 saturated heterocycles. The number of aromatic amines is 2. The minimum absolute atomic E-state index is 0.244. The van der Waals surface area contributed by atoms with E-state index in [1.165, 1.54) is 19.3 Å². The number of carbonyl (C=O) groups is 1. The van der Waals surface area contributed by atoms with Crippen LogP contribution in [0.5, 0.6) is 0 Å². The summed E-state index contributed by atoms with van der Waals surface area (Å²) in [7, 11) is 0. The molecule has 9 nitrogen and oxygen atoms in total. The first-order chi connectivity index (χ1) is 13.2. The number of imidazole rings is 1. The van der Waals surface area contributed by atoms with Gasteiger partial charge in [-0.15, -0.1) is 5.10 Å². The Morgan fingerprint density at radius 2 is 2.15 bits per heavy atom. The Morgan fingerprint density at radius 3 is 3.00 bits per heavy atom. The minimum Gasteiger partial charge on any atom is -0.347 e. The van der Waals surface area contributed by atoms with Crippen molar-refractivity contribution in [2.75, 3.05) is 6.54 Å². The number of piperidine rings is 1. The van der Waals surface area contributed by atoms with E-state index >= 15 is 0 Å². The maximum atomic E-state index is 12.3. The molecular weight excluding hydrogens is 346 g/mol. The summed E-state index contributed by atoms with van der Waals surface area (Å²) in [4.78, 5) is 29.0. The summed E-state index contributed by atoms with van der Waals surface area (Å²) in [6, 6.07) is 6.03. The molecule has 0 radical (unpaired) electrons. The van der Waals surface area contributed by atoms with Crippen molar-refractivity contribution < 1.29 is 4.79 Å². The van der Waals surface area contributed by atoms with Crippen LogP contribution in [0.15, 0.2) is 29.2 Å². The summed E-state index contributed by atoms with van der Waals surface area (Å²) >= 11 is 0. The maximum absolute atomic E-state index is 12.3. The molecule has 0 saturated carbocycles. The number of fused-ring (bicyclic) bond motifs is 1. The van der Waals surface area contributed by atoms with Gasteiger partial charge in [0.1, 0.15) is 0 Å². The second-order valence-electron chi connectivity index (χ2n) is 6.94. The van der Waals surface area contributed by atoms with E-state index in [9.17, 15) is 9.59 Å². The van der Waals surface area contributed by atoms with Crippen LogP contribution >= 0.6 is 0 Å². The van der Waals surface area contributed by atoms with Crippen LogP contribution in [0.3, 0.4) is 0 Å². The average molecular weight is 369 g/mol. The van der Waals surface area contributed by atoms with Crippen LogP contribution < -0.4 is 16.3 Å². The number of H-pyrrole nitrogens is 2. The molecule has 2 aromatic heterocycles. The number of benzene rings is 1. The highest BCUT2D eigenvalue weighted by atomic mass is 16.2. The Hall–Kier alpha value is -2.94. The van der Waals surface area contributed by atoms with Crippen molar-refractivity contribution in [1.82, 2.24) is 35.6 Å². The molecule has 1 amide bonds. The number of amides is 1. The zero-order chi connectivity index (χ0) is 18.6. The second-order valence-corrected chi connectivity index (χ2v) is 6.94. The van der Waals surface area contributed by atoms with Crippen molar-refractivity contribution in [1.29, 1.82) is 0 Å². The summed E-state index contributed by atoms with van der Waals surface area (Å²) in [5.41, 5.74) is 2.41. The number of aryl methyl sites for hydroxylation is 1. The third-order valence-corrected chi connectivity index (χ3v) is 4.92. The van der Waals surface area contributed by atoms with Gasteiger partial charge in [0.15, 0.2) is 5.69 Å². The van der Waals surface area contributed by atoms with Crippen LogP contribution in [0.2, 0.25) is 0 Å². The second kappa shape index (κ2) is 7.75. The third kappa shape index (κ3) is 4.25. The van der Waals surface area contributed by atoms with E-state index in [0.29, 0.717) is 23.8 Å². The van der Waals surface area contributed by atoms with Gasteiger partial charge in [-0.2, -0.15) is 0 Å². The topological polar surface area (TPSA) is 120 Å². The number of hydrogen-bond donors (Lipinski definition) is 4. The van der Waals surface area contributed by atoms with Crippen molar-refractivity contribution in [2.24, 2.45) is 0 Å². The molecule has 4 N–H and O–H groups in total. The molecule has 0 bridgehead atoms. The van der Waals surface area contributed by atoms with Gasteiger partial charge in [0, 0.05) is 19.1 Å². The van der Waals surface area contributed by atoms with Crippen molar-refractivity contribution in [3.05, 3.63) is 46.1 Å². The number of hydrogen-bond acceptors (Lipinski definition) is 5. The van der Waals surface area contributed by atoms with Crippen LogP contribution in [0, 0.1) is 0 Å². The van der Waals surface area contributed by atoms with Crippen molar-refractivity contribution in [2.45, 2.75) is 44.8 Å². The molecule has 1 aliphatic heterocycles. The lowest BCUT2D eigenvalue weighted by molar-refractivity contribution is 0.0946. The molecule has 1 aliphatic rings. The third-order valence-electron chi connectivity index (χ3n) is 4.92. The largest absolute Gasteiger partial charge is 0.347 e. The molecule has 0 aliphatic carbocycles. The van der Waals surface area contributed by atoms with E-state index in [2.05, 4.69) is 30.9 Å². The number of carbonyl (C=O) groups excluding carboxylic acids is 1. The highest BCUT2D eigenvalue weighted by Crippen LogP contribution is 2.11. The van der Waals surface area contributed by atoms with Crippen LogP contribution in [0.4, 0.5) is 0 Å². The van der Waals surface area contributed by atoms with Gasteiger partial charge in [0.2, 0.25) is 0 Å². The Kier molecular flexibility index (Phi) is 5.01. The summed E-state index contributed by atoms with van der Waals surface area (Å²) in [5.74, 6) is -0.264. The fourth-order valence-corrected chi connectivity index (χ4v) is 3.43. The average Bonchev–Trinajstić information content (AvgIpc) is 3.30. The van der Waals surface area contributed by atoms with Gasteiger partial charge < -0.3 is 20.6 Å². The Morgan fingerprint density at radius 1 is 1.26 bits per heavy atom. The van der Waals surface area contributed by atoms with E-state index in [0.717, 1.165) is 30.6 Å². The lowest BCUT2D eigenvalue weighted by Crippen LogP contribution is -2.34. The van der Waals surface area contributed by atoms with Gasteiger partial charge in [-0.05, 0) is 43.5 Å². The Labute approximate surface area is 155 Å². The zero-order valence-electron chi connectivity index (χ0n) is 15.0. The summed E-state index contributed by atoms with van der Waals surface area (Å²) in [5, 5.41) is 14.4. The molecule has 1 atom stereocenters. The van der Waals surface area contributed by atoms with E-state index in [1.54, 1.807) is 10.9 Å². The first-order valence-corrected chi connectivity index (χ1v) is 9.30. The standard InChI is InChI=1S/C18H23N7O2/c26-17(20-10-12-4-5-14-15(9-12)22-18(27)21-14)16-11-25(24-23-16)8-6-13-3-1-2-7-19-13/h4-5,9,11,13,19H,1-3,6-8,10H2,(H,20,26)(H2,21,22,27)/t13-/m1/s1. The highest BCUT2D eigenvalue weighted by Gasteiger charge is 2.14. The summed E-state index contributed by atoms with van der Waals surface area (Å²) in [6.45, 7) is 2.18. The van der Waals surface area contributed by atoms with Gasteiger partial charge in [-0.3, -0.25) is 9.48 Å². The zero-order valence-corrected chi connectivity index (χ0v) is 15.0. The number of nitrogens with one attached hydrogen (secondary N) is 4. The van der Waals surface area contributed by atoms with Crippen LogP contribution in [-0.2, 0) is 13.1 Å². The maximum Gasteiger partial charge on any atom is 0.323 e. The molecule has 4 rings (SSSR count). The van der Waals surface area contributed by atoms with Gasteiger partial charge >= 0.3 is 5.69 Å². The quantitative estimate of drug-likeness (QED) is 0.515. The number of aromatic nitrogens is 5. The van der Waals surface area contributed by atoms with E-state index in [-0.39, 0.29) is 11.6 Å². The molecule has 9 heteroatoms. The Balaban J connectivity index is 1.31. The predicted molar refractivity (Wildman–Crippen MR) is 100 cm³/mol. The summed E-state index contributed by atoms with van der Waals surface area (Å²) in [6.07, 6.45) is 6.38. The minimum atomic E-state index is -0.264. The molecule has 3 heterocycles. The first-order valence-electron chi connectivity index (χ1n) is 9.30. The predicted octanol–water partition coefficient (Wildman–Crippen LogP) is 0.910. The molecule has 0 spiro atoms. The smallest absolute Gasteiger partial charge is 0.323 e. The Bertz CT molecular complexity index is 981. The van der Waals surface area contributed by atoms with Gasteiger partial charge in [-0.25, -0.2) is 4.79 Å². The number of nitrogens with zero attached hydrogens (tertiary/aromatic N) is 3. The van der Waals surface area contributed by atoms with Crippen LogP contribution in [0.25, 0.3) is 11.0 Å². The van der Waals surface area contributed by atoms with Crippen LogP contribution in [0.1, 0.15) is 41.7 Å².